The molecule has 8 nitrogen and oxygen atoms in total. The van der Waals surface area contributed by atoms with Crippen molar-refractivity contribution in [3.63, 3.8) is 0 Å². The van der Waals surface area contributed by atoms with Gasteiger partial charge < -0.3 is 25.3 Å². The Labute approximate surface area is 188 Å². The van der Waals surface area contributed by atoms with Gasteiger partial charge in [0.25, 0.3) is 5.91 Å². The lowest BCUT2D eigenvalue weighted by Gasteiger charge is -2.27. The summed E-state index contributed by atoms with van der Waals surface area (Å²) in [6, 6.07) is 6.89. The van der Waals surface area contributed by atoms with Crippen LogP contribution in [0, 0.1) is 11.8 Å². The van der Waals surface area contributed by atoms with Crippen LogP contribution in [0.5, 0.6) is 5.75 Å². The van der Waals surface area contributed by atoms with Crippen molar-refractivity contribution in [1.82, 2.24) is 20.5 Å². The Balaban J connectivity index is 1.56. The fourth-order valence-electron chi connectivity index (χ4n) is 5.24. The largest absolute Gasteiger partial charge is 0.496 e. The number of ether oxygens (including phenoxy) is 1. The van der Waals surface area contributed by atoms with E-state index >= 15 is 0 Å². The van der Waals surface area contributed by atoms with Gasteiger partial charge >= 0.3 is 0 Å². The number of likely N-dealkylation sites (tertiary alicyclic amines) is 1. The minimum atomic E-state index is -0.545. The van der Waals surface area contributed by atoms with Crippen molar-refractivity contribution in [2.45, 2.75) is 51.5 Å². The normalized spacial score (nSPS) is 21.5. The third-order valence-electron chi connectivity index (χ3n) is 6.89. The number of fused-ring (bicyclic) bond motifs is 1. The van der Waals surface area contributed by atoms with E-state index in [2.05, 4.69) is 15.6 Å². The van der Waals surface area contributed by atoms with E-state index in [1.165, 1.54) is 26.2 Å². The van der Waals surface area contributed by atoms with Crippen LogP contribution >= 0.6 is 0 Å². The molecule has 0 radical (unpaired) electrons. The summed E-state index contributed by atoms with van der Waals surface area (Å²) >= 11 is 0. The first-order valence-electron chi connectivity index (χ1n) is 11.5. The molecular weight excluding hydrogens is 408 g/mol. The summed E-state index contributed by atoms with van der Waals surface area (Å²) in [5.41, 5.74) is 1.27. The molecule has 2 fully saturated rings. The molecule has 2 heterocycles. The summed E-state index contributed by atoms with van der Waals surface area (Å²) in [6.07, 6.45) is 6.69. The fraction of sp³-hybridized carbons (Fsp3) is 0.542. The molecule has 8 heteroatoms. The zero-order chi connectivity index (χ0) is 22.7. The van der Waals surface area contributed by atoms with Gasteiger partial charge in [-0.3, -0.25) is 14.4 Å². The molecule has 32 heavy (non-hydrogen) atoms. The molecule has 1 aliphatic carbocycles. The average Bonchev–Trinajstić information content (AvgIpc) is 3.43. The molecule has 1 saturated heterocycles. The number of hydrogen-bond donors (Lipinski definition) is 3. The highest BCUT2D eigenvalue weighted by atomic mass is 16.5. The van der Waals surface area contributed by atoms with Gasteiger partial charge in [-0.1, -0.05) is 38.2 Å². The number of H-pyrrole nitrogens is 1. The first-order valence-corrected chi connectivity index (χ1v) is 11.5. The second-order valence-electron chi connectivity index (χ2n) is 8.92. The molecule has 2 aromatic rings. The van der Waals surface area contributed by atoms with E-state index in [0.29, 0.717) is 36.2 Å². The lowest BCUT2D eigenvalue weighted by atomic mass is 9.79. The Kier molecular flexibility index (Phi) is 6.67. The number of amides is 3. The van der Waals surface area contributed by atoms with Crippen molar-refractivity contribution in [2.24, 2.45) is 11.8 Å². The fourth-order valence-corrected chi connectivity index (χ4v) is 5.24. The molecule has 0 unspecified atom stereocenters. The van der Waals surface area contributed by atoms with Crippen LogP contribution in [-0.2, 0) is 9.59 Å². The van der Waals surface area contributed by atoms with Crippen LogP contribution in [0.3, 0.4) is 0 Å². The third-order valence-corrected chi connectivity index (χ3v) is 6.89. The number of benzene rings is 1. The van der Waals surface area contributed by atoms with Crippen LogP contribution in [0.2, 0.25) is 0 Å². The molecule has 1 aromatic heterocycles. The standard InChI is InChI=1S/C24H32N4O4/c1-15(29)25-14-26-23(30)21-11-17(16-7-4-3-5-8-16)13-28(21)24(31)20-12-18-19(27-20)9-6-10-22(18)32-2/h6,9-10,12,16-17,21,27H,3-5,7-8,11,13-14H2,1-2H3,(H,25,29)(H,26,30)/t17-,21+/m1/s1. The van der Waals surface area contributed by atoms with E-state index in [-0.39, 0.29) is 24.4 Å². The van der Waals surface area contributed by atoms with Gasteiger partial charge in [0.05, 0.1) is 13.8 Å². The zero-order valence-corrected chi connectivity index (χ0v) is 18.8. The lowest BCUT2D eigenvalue weighted by Crippen LogP contribution is -2.48. The highest BCUT2D eigenvalue weighted by Crippen LogP contribution is 2.38. The zero-order valence-electron chi connectivity index (χ0n) is 18.8. The second-order valence-corrected chi connectivity index (χ2v) is 8.92. The minimum Gasteiger partial charge on any atom is -0.496 e. The Morgan fingerprint density at radius 2 is 1.91 bits per heavy atom. The Bertz CT molecular complexity index is 995. The predicted molar refractivity (Wildman–Crippen MR) is 121 cm³/mol. The van der Waals surface area contributed by atoms with Crippen LogP contribution in [0.4, 0.5) is 0 Å². The van der Waals surface area contributed by atoms with Gasteiger partial charge in [0.1, 0.15) is 17.5 Å². The SMILES string of the molecule is COc1cccc2[nH]c(C(=O)N3C[C@H](C4CCCCC4)C[C@H]3C(=O)NCNC(C)=O)cc12. The van der Waals surface area contributed by atoms with Gasteiger partial charge in [0, 0.05) is 24.4 Å². The second kappa shape index (κ2) is 9.63. The van der Waals surface area contributed by atoms with Crippen LogP contribution < -0.4 is 15.4 Å². The maximum atomic E-state index is 13.5. The van der Waals surface area contributed by atoms with E-state index in [4.69, 9.17) is 4.74 Å². The van der Waals surface area contributed by atoms with Gasteiger partial charge in [-0.2, -0.15) is 0 Å². The topological polar surface area (TPSA) is 104 Å². The van der Waals surface area contributed by atoms with Crippen LogP contribution in [0.15, 0.2) is 24.3 Å². The van der Waals surface area contributed by atoms with Crippen molar-refractivity contribution in [3.8, 4) is 5.75 Å². The van der Waals surface area contributed by atoms with Gasteiger partial charge in [-0.25, -0.2) is 0 Å². The summed E-state index contributed by atoms with van der Waals surface area (Å²) in [7, 11) is 1.61. The van der Waals surface area contributed by atoms with E-state index in [9.17, 15) is 14.4 Å². The summed E-state index contributed by atoms with van der Waals surface area (Å²) in [5.74, 6) is 0.950. The van der Waals surface area contributed by atoms with Crippen LogP contribution in [0.25, 0.3) is 10.9 Å². The maximum Gasteiger partial charge on any atom is 0.270 e. The summed E-state index contributed by atoms with van der Waals surface area (Å²) in [6.45, 7) is 2.04. The smallest absolute Gasteiger partial charge is 0.270 e. The molecule has 0 spiro atoms. The number of nitrogens with one attached hydrogen (secondary N) is 3. The maximum absolute atomic E-state index is 13.5. The van der Waals surface area contributed by atoms with Gasteiger partial charge in [-0.15, -0.1) is 0 Å². The van der Waals surface area contributed by atoms with Gasteiger partial charge in [-0.05, 0) is 36.5 Å². The molecule has 3 N–H and O–H groups in total. The number of rotatable bonds is 6. The summed E-state index contributed by atoms with van der Waals surface area (Å²) < 4.78 is 5.42. The molecular formula is C24H32N4O4. The lowest BCUT2D eigenvalue weighted by molar-refractivity contribution is -0.125. The Morgan fingerprint density at radius 1 is 1.12 bits per heavy atom. The number of nitrogens with zero attached hydrogens (tertiary/aromatic N) is 1. The summed E-state index contributed by atoms with van der Waals surface area (Å²) in [4.78, 5) is 42.6. The number of methoxy groups -OCH3 is 1. The number of hydrogen-bond acceptors (Lipinski definition) is 4. The average molecular weight is 441 g/mol. The molecule has 3 amide bonds. The number of carbonyl (C=O) groups is 3. The Hall–Kier alpha value is -3.03. The Morgan fingerprint density at radius 3 is 2.62 bits per heavy atom. The van der Waals surface area contributed by atoms with Crippen molar-refractivity contribution >= 4 is 28.6 Å². The molecule has 2 atom stereocenters. The molecule has 2 aliphatic rings. The van der Waals surface area contributed by atoms with Gasteiger partial charge in [0.2, 0.25) is 11.8 Å². The van der Waals surface area contributed by atoms with E-state index in [1.54, 1.807) is 18.1 Å². The molecule has 1 aromatic carbocycles. The number of aromatic nitrogens is 1. The molecule has 0 bridgehead atoms. The van der Waals surface area contributed by atoms with Crippen LogP contribution in [-0.4, -0.2) is 54.0 Å². The van der Waals surface area contributed by atoms with Crippen LogP contribution in [0.1, 0.15) is 55.9 Å². The summed E-state index contributed by atoms with van der Waals surface area (Å²) in [5, 5.41) is 6.19. The highest BCUT2D eigenvalue weighted by molar-refractivity contribution is 6.01. The monoisotopic (exact) mass is 440 g/mol. The number of carbonyl (C=O) groups excluding carboxylic acids is 3. The molecule has 1 aliphatic heterocycles. The third kappa shape index (κ3) is 4.59. The van der Waals surface area contributed by atoms with Crippen molar-refractivity contribution in [1.29, 1.82) is 0 Å². The molecule has 1 saturated carbocycles. The first kappa shape index (κ1) is 22.2. The van der Waals surface area contributed by atoms with E-state index in [0.717, 1.165) is 23.7 Å². The van der Waals surface area contributed by atoms with Gasteiger partial charge in [0.15, 0.2) is 0 Å². The van der Waals surface area contributed by atoms with Crippen molar-refractivity contribution in [3.05, 3.63) is 30.0 Å². The predicted octanol–water partition coefficient (Wildman–Crippen LogP) is 2.80. The number of aromatic amines is 1. The first-order chi connectivity index (χ1) is 15.5. The van der Waals surface area contributed by atoms with E-state index in [1.807, 2.05) is 18.2 Å². The molecule has 4 rings (SSSR count). The van der Waals surface area contributed by atoms with Crippen molar-refractivity contribution < 1.29 is 19.1 Å². The van der Waals surface area contributed by atoms with E-state index < -0.39 is 6.04 Å². The molecule has 172 valence electrons. The minimum absolute atomic E-state index is 0.0599. The van der Waals surface area contributed by atoms with Crippen molar-refractivity contribution in [2.75, 3.05) is 20.3 Å². The highest BCUT2D eigenvalue weighted by Gasteiger charge is 2.43. The quantitative estimate of drug-likeness (QED) is 0.601.